The van der Waals surface area contributed by atoms with Gasteiger partial charge in [-0.25, -0.2) is 0 Å². The van der Waals surface area contributed by atoms with Crippen molar-refractivity contribution in [2.75, 3.05) is 51.2 Å². The number of hydrogen-bond acceptors (Lipinski definition) is 6. The number of carbonyl (C=O) groups excluding carboxylic acids is 1. The van der Waals surface area contributed by atoms with E-state index in [9.17, 15) is 4.79 Å². The summed E-state index contributed by atoms with van der Waals surface area (Å²) in [5.41, 5.74) is 2.27. The lowest BCUT2D eigenvalue weighted by atomic mass is 10.1. The van der Waals surface area contributed by atoms with Crippen LogP contribution < -0.4 is 4.90 Å². The molecule has 0 saturated carbocycles. The molecule has 29 heavy (non-hydrogen) atoms. The molecule has 2 aliphatic rings. The number of hydrogen-bond donors (Lipinski definition) is 0. The first-order chi connectivity index (χ1) is 14.1. The molecule has 4 rings (SSSR count). The largest absolute Gasteiger partial charge is 0.368 e. The van der Waals surface area contributed by atoms with Gasteiger partial charge in [0.25, 0.3) is 0 Å². The highest BCUT2D eigenvalue weighted by atomic mass is 35.5. The van der Waals surface area contributed by atoms with E-state index in [1.54, 1.807) is 0 Å². The maximum absolute atomic E-state index is 12.6. The zero-order chi connectivity index (χ0) is 20.2. The van der Waals surface area contributed by atoms with Crippen molar-refractivity contribution in [3.8, 4) is 0 Å². The number of halogens is 1. The van der Waals surface area contributed by atoms with Gasteiger partial charge < -0.3 is 19.2 Å². The summed E-state index contributed by atoms with van der Waals surface area (Å²) >= 11 is 5.96. The number of amides is 1. The van der Waals surface area contributed by atoms with Crippen molar-refractivity contribution >= 4 is 28.8 Å². The zero-order valence-electron chi connectivity index (χ0n) is 16.7. The Balaban J connectivity index is 1.25. The van der Waals surface area contributed by atoms with Crippen molar-refractivity contribution in [2.24, 2.45) is 0 Å². The molecule has 154 valence electrons. The number of likely N-dealkylation sites (N-methyl/N-ethyl adjacent to an activating group) is 1. The zero-order valence-corrected chi connectivity index (χ0v) is 17.4. The SMILES string of the molecule is CN1CC=C(c2noc(CCC(=O)N3CCN(c4ccc(Cl)cc4)CC3)n2)CC1. The Kier molecular flexibility index (Phi) is 6.16. The summed E-state index contributed by atoms with van der Waals surface area (Å²) in [6.45, 7) is 4.98. The molecule has 1 saturated heterocycles. The number of anilines is 1. The number of rotatable bonds is 5. The average molecular weight is 416 g/mol. The Hall–Kier alpha value is -2.38. The van der Waals surface area contributed by atoms with Crippen molar-refractivity contribution in [1.82, 2.24) is 19.9 Å². The van der Waals surface area contributed by atoms with Crippen LogP contribution in [0.25, 0.3) is 5.57 Å². The number of carbonyl (C=O) groups is 1. The molecule has 0 bridgehead atoms. The van der Waals surface area contributed by atoms with Gasteiger partial charge in [0.1, 0.15) is 0 Å². The molecule has 1 amide bonds. The number of piperazine rings is 1. The van der Waals surface area contributed by atoms with Crippen LogP contribution in [0.15, 0.2) is 34.9 Å². The molecule has 1 aromatic heterocycles. The molecule has 3 heterocycles. The van der Waals surface area contributed by atoms with Crippen LogP contribution in [0.5, 0.6) is 0 Å². The van der Waals surface area contributed by atoms with Crippen molar-refractivity contribution in [2.45, 2.75) is 19.3 Å². The normalized spacial score (nSPS) is 18.1. The van der Waals surface area contributed by atoms with Crippen molar-refractivity contribution in [1.29, 1.82) is 0 Å². The molecule has 0 atom stereocenters. The van der Waals surface area contributed by atoms with E-state index in [1.807, 2.05) is 29.2 Å². The lowest BCUT2D eigenvalue weighted by molar-refractivity contribution is -0.131. The standard InChI is InChI=1S/C21H26ClN5O2/c1-25-10-8-16(9-11-25)21-23-19(29-24-21)6-7-20(28)27-14-12-26(13-15-27)18-4-2-17(22)3-5-18/h2-5,8H,6-7,9-15H2,1H3. The Morgan fingerprint density at radius 2 is 1.90 bits per heavy atom. The molecule has 1 fully saturated rings. The first-order valence-electron chi connectivity index (χ1n) is 10.1. The van der Waals surface area contributed by atoms with Crippen molar-refractivity contribution < 1.29 is 9.32 Å². The Bertz CT molecular complexity index is 871. The highest BCUT2D eigenvalue weighted by Gasteiger charge is 2.22. The van der Waals surface area contributed by atoms with Crippen LogP contribution in [-0.2, 0) is 11.2 Å². The second-order valence-corrected chi connectivity index (χ2v) is 8.03. The smallest absolute Gasteiger partial charge is 0.227 e. The van der Waals surface area contributed by atoms with Crippen LogP contribution in [0, 0.1) is 0 Å². The molecule has 2 aromatic rings. The molecular weight excluding hydrogens is 390 g/mol. The summed E-state index contributed by atoms with van der Waals surface area (Å²) in [4.78, 5) is 23.5. The first-order valence-corrected chi connectivity index (χ1v) is 10.4. The van der Waals surface area contributed by atoms with E-state index in [-0.39, 0.29) is 5.91 Å². The summed E-state index contributed by atoms with van der Waals surface area (Å²) in [5, 5.41) is 4.83. The minimum Gasteiger partial charge on any atom is -0.368 e. The summed E-state index contributed by atoms with van der Waals surface area (Å²) in [5.74, 6) is 1.34. The van der Waals surface area contributed by atoms with E-state index in [0.717, 1.165) is 62.0 Å². The van der Waals surface area contributed by atoms with Gasteiger partial charge in [-0.05, 0) is 43.3 Å². The fourth-order valence-corrected chi connectivity index (χ4v) is 3.82. The summed E-state index contributed by atoms with van der Waals surface area (Å²) < 4.78 is 5.36. The van der Waals surface area contributed by atoms with Gasteiger partial charge in [-0.1, -0.05) is 22.8 Å². The summed E-state index contributed by atoms with van der Waals surface area (Å²) in [6.07, 6.45) is 3.94. The summed E-state index contributed by atoms with van der Waals surface area (Å²) in [6, 6.07) is 7.84. The van der Waals surface area contributed by atoms with Gasteiger partial charge >= 0.3 is 0 Å². The van der Waals surface area contributed by atoms with E-state index in [2.05, 4.69) is 33.1 Å². The van der Waals surface area contributed by atoms with Crippen LogP contribution in [0.2, 0.25) is 5.02 Å². The lowest BCUT2D eigenvalue weighted by Gasteiger charge is -2.36. The molecule has 0 spiro atoms. The van der Waals surface area contributed by atoms with E-state index in [4.69, 9.17) is 16.1 Å². The second kappa shape index (κ2) is 8.97. The van der Waals surface area contributed by atoms with Crippen LogP contribution >= 0.6 is 11.6 Å². The molecule has 7 nitrogen and oxygen atoms in total. The third-order valence-corrected chi connectivity index (χ3v) is 5.80. The molecule has 0 N–H and O–H groups in total. The Labute approximate surface area is 175 Å². The fourth-order valence-electron chi connectivity index (χ4n) is 3.70. The molecule has 0 aliphatic carbocycles. The van der Waals surface area contributed by atoms with E-state index < -0.39 is 0 Å². The topological polar surface area (TPSA) is 65.7 Å². The molecule has 1 aromatic carbocycles. The number of aryl methyl sites for hydroxylation is 1. The second-order valence-electron chi connectivity index (χ2n) is 7.60. The van der Waals surface area contributed by atoms with Crippen molar-refractivity contribution in [3.05, 3.63) is 47.1 Å². The van der Waals surface area contributed by atoms with E-state index in [1.165, 1.54) is 0 Å². The minimum atomic E-state index is 0.138. The van der Waals surface area contributed by atoms with Gasteiger partial charge in [0, 0.05) is 62.8 Å². The fraction of sp³-hybridized carbons (Fsp3) is 0.476. The predicted octanol–water partition coefficient (Wildman–Crippen LogP) is 2.72. The van der Waals surface area contributed by atoms with Gasteiger partial charge in [-0.15, -0.1) is 0 Å². The van der Waals surface area contributed by atoms with E-state index in [0.29, 0.717) is 24.6 Å². The Morgan fingerprint density at radius 1 is 1.14 bits per heavy atom. The lowest BCUT2D eigenvalue weighted by Crippen LogP contribution is -2.48. The third kappa shape index (κ3) is 4.97. The number of nitrogens with zero attached hydrogens (tertiary/aromatic N) is 5. The molecule has 0 unspecified atom stereocenters. The number of aromatic nitrogens is 2. The molecular formula is C21H26ClN5O2. The van der Waals surface area contributed by atoms with Crippen LogP contribution in [0.4, 0.5) is 5.69 Å². The predicted molar refractivity (Wildman–Crippen MR) is 113 cm³/mol. The quantitative estimate of drug-likeness (QED) is 0.748. The van der Waals surface area contributed by atoms with Crippen LogP contribution in [0.1, 0.15) is 24.6 Å². The molecule has 0 radical (unpaired) electrons. The first kappa shape index (κ1) is 19.9. The third-order valence-electron chi connectivity index (χ3n) is 5.54. The molecule has 8 heteroatoms. The van der Waals surface area contributed by atoms with Crippen molar-refractivity contribution in [3.63, 3.8) is 0 Å². The van der Waals surface area contributed by atoms with Gasteiger partial charge in [0.05, 0.1) is 0 Å². The van der Waals surface area contributed by atoms with E-state index >= 15 is 0 Å². The summed E-state index contributed by atoms with van der Waals surface area (Å²) in [7, 11) is 2.09. The minimum absolute atomic E-state index is 0.138. The Morgan fingerprint density at radius 3 is 2.59 bits per heavy atom. The van der Waals surface area contributed by atoms with Gasteiger partial charge in [-0.3, -0.25) is 4.79 Å². The van der Waals surface area contributed by atoms with Gasteiger partial charge in [0.2, 0.25) is 11.8 Å². The highest BCUT2D eigenvalue weighted by Crippen LogP contribution is 2.21. The average Bonchev–Trinajstić information content (AvgIpc) is 3.22. The monoisotopic (exact) mass is 415 g/mol. The number of benzene rings is 1. The maximum atomic E-state index is 12.6. The highest BCUT2D eigenvalue weighted by molar-refractivity contribution is 6.30. The van der Waals surface area contributed by atoms with Crippen LogP contribution in [0.3, 0.4) is 0 Å². The van der Waals surface area contributed by atoms with Gasteiger partial charge in [-0.2, -0.15) is 4.98 Å². The maximum Gasteiger partial charge on any atom is 0.227 e. The van der Waals surface area contributed by atoms with Crippen LogP contribution in [-0.4, -0.2) is 72.2 Å². The van der Waals surface area contributed by atoms with Gasteiger partial charge in [0.15, 0.2) is 5.82 Å². The molecule has 2 aliphatic heterocycles.